The van der Waals surface area contributed by atoms with Gasteiger partial charge in [-0.05, 0) is 232 Å². The van der Waals surface area contributed by atoms with Crippen LogP contribution in [-0.4, -0.2) is 46.9 Å². The predicted octanol–water partition coefficient (Wildman–Crippen LogP) is 30.8. The number of phenolic OH excluding ortho intramolecular Hbond substituents is 4. The summed E-state index contributed by atoms with van der Waals surface area (Å²) in [6.07, 6.45) is 0.919. The van der Waals surface area contributed by atoms with Crippen LogP contribution in [0.1, 0.15) is 235 Å². The van der Waals surface area contributed by atoms with E-state index < -0.39 is 23.3 Å². The molecule has 0 spiro atoms. The summed E-state index contributed by atoms with van der Waals surface area (Å²) >= 11 is 0. The Hall–Kier alpha value is -11.2. The van der Waals surface area contributed by atoms with Crippen LogP contribution in [0, 0.1) is 37.1 Å². The van der Waals surface area contributed by atoms with Gasteiger partial charge in [0.05, 0.1) is 26.4 Å². The van der Waals surface area contributed by atoms with Crippen LogP contribution in [0.15, 0.2) is 206 Å². The van der Waals surface area contributed by atoms with Crippen LogP contribution < -0.4 is 18.9 Å². The highest BCUT2D eigenvalue weighted by molar-refractivity contribution is 5.90. The molecule has 0 saturated heterocycles. The molecule has 0 fully saturated rings. The lowest BCUT2D eigenvalue weighted by Crippen LogP contribution is -2.16. The first-order valence-corrected chi connectivity index (χ1v) is 43.3. The van der Waals surface area contributed by atoms with Gasteiger partial charge in [-0.3, -0.25) is 0 Å². The molecule has 0 bridgehead atoms. The van der Waals surface area contributed by atoms with Gasteiger partial charge in [0.15, 0.2) is 0 Å². The number of rotatable bonds is 20. The zero-order valence-corrected chi connectivity index (χ0v) is 77.8. The molecule has 0 aliphatic carbocycles. The van der Waals surface area contributed by atoms with Crippen molar-refractivity contribution in [3.05, 3.63) is 285 Å². The third-order valence-electron chi connectivity index (χ3n) is 23.0. The minimum atomic E-state index is -0.465. The molecule has 0 heterocycles. The number of para-hydroxylation sites is 2. The van der Waals surface area contributed by atoms with E-state index >= 15 is 8.78 Å². The van der Waals surface area contributed by atoms with E-state index in [9.17, 15) is 29.2 Å². The van der Waals surface area contributed by atoms with Crippen molar-refractivity contribution in [3.63, 3.8) is 0 Å². The Kier molecular flexibility index (Phi) is 27.2. The van der Waals surface area contributed by atoms with Gasteiger partial charge in [-0.1, -0.05) is 275 Å². The van der Waals surface area contributed by atoms with Gasteiger partial charge in [0.25, 0.3) is 0 Å². The highest BCUT2D eigenvalue weighted by atomic mass is 19.1. The van der Waals surface area contributed by atoms with E-state index in [1.165, 1.54) is 48.5 Å². The Morgan fingerprint density at radius 2 is 0.403 bits per heavy atom. The molecule has 0 aromatic heterocycles. The molecule has 0 saturated carbocycles. The lowest BCUT2D eigenvalue weighted by atomic mass is 9.78. The Balaban J connectivity index is 0.000000241. The fourth-order valence-electron chi connectivity index (χ4n) is 15.2. The van der Waals surface area contributed by atoms with Crippen LogP contribution in [0.4, 0.5) is 17.6 Å². The summed E-state index contributed by atoms with van der Waals surface area (Å²) in [5.74, 6) is 0.0615. The van der Waals surface area contributed by atoms with Gasteiger partial charge in [-0.15, -0.1) is 0 Å². The summed E-state index contributed by atoms with van der Waals surface area (Å²) in [5.41, 5.74) is 18.8. The second-order valence-electron chi connectivity index (χ2n) is 41.7. The van der Waals surface area contributed by atoms with E-state index in [1.54, 1.807) is 24.3 Å². The topological polar surface area (TPSA) is 118 Å². The van der Waals surface area contributed by atoms with Gasteiger partial charge in [0.1, 0.15) is 69.3 Å². The van der Waals surface area contributed by atoms with Crippen molar-refractivity contribution in [1.29, 1.82) is 0 Å². The molecule has 0 atom stereocenters. The molecular formula is C112H128F4O8. The molecule has 0 aliphatic rings. The van der Waals surface area contributed by atoms with E-state index in [4.69, 9.17) is 18.9 Å². The Morgan fingerprint density at radius 3 is 0.645 bits per heavy atom. The summed E-state index contributed by atoms with van der Waals surface area (Å²) < 4.78 is 86.2. The van der Waals surface area contributed by atoms with Crippen LogP contribution in [0.5, 0.6) is 46.0 Å². The number of aryl methyl sites for hydroxylation is 2. The summed E-state index contributed by atoms with van der Waals surface area (Å²) in [6.45, 7) is 56.8. The standard InChI is InChI=1S/C57H66F2O4.C55H62F2O4/c1-34-22-44(36-26-38(54(3,4)5)30-39(27-36)55(6,7)8)52(60)48(24-34)46-32-42(58)16-18-50(46)62-20-15-21-63-51-19-17-43(59)33-47(51)49-25-35(2)23-45(53(49)61)37-28-40(56(9,10)11)31-41(29-37)57(12,13)14;1-52(2,3)36-24-34(25-37(28-36)53(4,5)6)44-30-40(56)32-46(50(44)58)42-18-13-15-20-48(42)60-22-17-23-61-49-21-16-14-19-43(49)47-33-41(57)31-45(51(47)59)35-26-38(54(7,8)9)29-39(27-35)55(10,11)12/h16-19,22-33,60-61H,15,20-21H2,1-14H3;13-16,18-21,24-33,58-59H,17,22-23H2,1-12H3. The van der Waals surface area contributed by atoms with Crippen molar-refractivity contribution in [2.24, 2.45) is 0 Å². The van der Waals surface area contributed by atoms with Gasteiger partial charge in [0, 0.05) is 79.6 Å². The van der Waals surface area contributed by atoms with Gasteiger partial charge < -0.3 is 39.4 Å². The third-order valence-corrected chi connectivity index (χ3v) is 23.0. The molecule has 12 rings (SSSR count). The largest absolute Gasteiger partial charge is 0.507 e. The zero-order valence-electron chi connectivity index (χ0n) is 77.8. The molecule has 0 unspecified atom stereocenters. The minimum absolute atomic E-state index is 0.0244. The molecule has 4 N–H and O–H groups in total. The number of benzene rings is 12. The fraction of sp³-hybridized carbons (Fsp3) is 0.357. The van der Waals surface area contributed by atoms with E-state index in [-0.39, 0.29) is 92.7 Å². The SMILES string of the molecule is CC(C)(C)c1cc(-c2cc(F)cc(-c3ccccc3OCCCOc3ccccc3-c3cc(F)cc(-c4cc(C(C)(C)C)cc(C(C)(C)C)c4)c3O)c2O)cc(C(C)(C)C)c1.Cc1cc(-c2cc(C(C)(C)C)cc(C(C)(C)C)c2)c(O)c(-c2cc(F)ccc2OCCCOc2ccc(F)cc2-c2cc(C)cc(-c3cc(C(C)(C)C)cc(C(C)(C)C)c3)c2O)c1. The highest BCUT2D eigenvalue weighted by Crippen LogP contribution is 2.51. The van der Waals surface area contributed by atoms with Gasteiger partial charge >= 0.3 is 0 Å². The Bertz CT molecular complexity index is 5420. The molecule has 124 heavy (non-hydrogen) atoms. The van der Waals surface area contributed by atoms with Crippen LogP contribution in [-0.2, 0) is 43.3 Å². The number of hydrogen-bond acceptors (Lipinski definition) is 8. The normalized spacial score (nSPS) is 12.4. The average Bonchev–Trinajstić information content (AvgIpc) is 0.721. The van der Waals surface area contributed by atoms with Crippen LogP contribution in [0.2, 0.25) is 0 Å². The molecule has 12 aromatic rings. The van der Waals surface area contributed by atoms with Crippen molar-refractivity contribution in [2.45, 2.75) is 236 Å². The third kappa shape index (κ3) is 22.3. The van der Waals surface area contributed by atoms with Crippen LogP contribution >= 0.6 is 0 Å². The Labute approximate surface area is 735 Å². The molecule has 0 radical (unpaired) electrons. The number of ether oxygens (including phenoxy) is 4. The van der Waals surface area contributed by atoms with Crippen LogP contribution in [0.3, 0.4) is 0 Å². The van der Waals surface area contributed by atoms with Crippen molar-refractivity contribution >= 4 is 0 Å². The first-order chi connectivity index (χ1) is 57.6. The van der Waals surface area contributed by atoms with E-state index in [2.05, 4.69) is 215 Å². The number of phenols is 4. The van der Waals surface area contributed by atoms with Gasteiger partial charge in [-0.25, -0.2) is 17.6 Å². The second kappa shape index (κ2) is 36.1. The molecule has 8 nitrogen and oxygen atoms in total. The minimum Gasteiger partial charge on any atom is -0.507 e. The summed E-state index contributed by atoms with van der Waals surface area (Å²) in [4.78, 5) is 0. The van der Waals surface area contributed by atoms with E-state index in [0.29, 0.717) is 103 Å². The zero-order chi connectivity index (χ0) is 91.1. The van der Waals surface area contributed by atoms with Crippen molar-refractivity contribution in [3.8, 4) is 135 Å². The van der Waals surface area contributed by atoms with Gasteiger partial charge in [0.2, 0.25) is 0 Å². The van der Waals surface area contributed by atoms with Crippen molar-refractivity contribution < 1.29 is 56.9 Å². The van der Waals surface area contributed by atoms with Crippen molar-refractivity contribution in [1.82, 2.24) is 0 Å². The molecular weight excluding hydrogens is 1550 g/mol. The first-order valence-electron chi connectivity index (χ1n) is 43.3. The summed E-state index contributed by atoms with van der Waals surface area (Å²) in [7, 11) is 0. The maximum Gasteiger partial charge on any atom is 0.131 e. The lowest BCUT2D eigenvalue weighted by molar-refractivity contribution is 0.248. The maximum absolute atomic E-state index is 15.5. The number of halogens is 4. The van der Waals surface area contributed by atoms with E-state index in [0.717, 1.165) is 77.9 Å². The van der Waals surface area contributed by atoms with Crippen LogP contribution in [0.25, 0.3) is 89.0 Å². The molecule has 12 aromatic carbocycles. The monoisotopic (exact) mass is 1680 g/mol. The smallest absolute Gasteiger partial charge is 0.131 e. The predicted molar refractivity (Wildman–Crippen MR) is 506 cm³/mol. The van der Waals surface area contributed by atoms with Crippen molar-refractivity contribution in [2.75, 3.05) is 26.4 Å². The molecule has 0 amide bonds. The molecule has 652 valence electrons. The Morgan fingerprint density at radius 1 is 0.210 bits per heavy atom. The highest BCUT2D eigenvalue weighted by Gasteiger charge is 2.31. The second-order valence-corrected chi connectivity index (χ2v) is 41.7. The van der Waals surface area contributed by atoms with Gasteiger partial charge in [-0.2, -0.15) is 0 Å². The molecule has 12 heteroatoms. The number of aromatic hydroxyl groups is 4. The number of hydrogen-bond donors (Lipinski definition) is 4. The first kappa shape index (κ1) is 93.5. The van der Waals surface area contributed by atoms with E-state index in [1.807, 2.05) is 98.8 Å². The average molecular weight is 1680 g/mol. The summed E-state index contributed by atoms with van der Waals surface area (Å²) in [5, 5.41) is 47.5. The maximum atomic E-state index is 15.5. The fourth-order valence-corrected chi connectivity index (χ4v) is 15.2. The quantitative estimate of drug-likeness (QED) is 0.0440. The lowest BCUT2D eigenvalue weighted by Gasteiger charge is -2.26. The summed E-state index contributed by atoms with van der Waals surface area (Å²) in [6, 6.07) is 62.0. The molecule has 0 aliphatic heterocycles.